The van der Waals surface area contributed by atoms with Gasteiger partial charge in [-0.3, -0.25) is 9.69 Å². The van der Waals surface area contributed by atoms with E-state index < -0.39 is 0 Å². The summed E-state index contributed by atoms with van der Waals surface area (Å²) in [5, 5.41) is 2.93. The molecule has 26 heavy (non-hydrogen) atoms. The van der Waals surface area contributed by atoms with Gasteiger partial charge in [0.2, 0.25) is 5.91 Å². The van der Waals surface area contributed by atoms with Crippen molar-refractivity contribution in [3.8, 4) is 0 Å². The maximum absolute atomic E-state index is 13.1. The quantitative estimate of drug-likeness (QED) is 0.854. The molecular formula is C21H25FN2O2. The van der Waals surface area contributed by atoms with E-state index in [-0.39, 0.29) is 17.8 Å². The number of hydrogen-bond acceptors (Lipinski definition) is 3. The van der Waals surface area contributed by atoms with Crippen molar-refractivity contribution in [1.29, 1.82) is 0 Å². The van der Waals surface area contributed by atoms with Gasteiger partial charge in [-0.15, -0.1) is 0 Å². The summed E-state index contributed by atoms with van der Waals surface area (Å²) >= 11 is 0. The molecule has 2 aromatic rings. The van der Waals surface area contributed by atoms with Crippen molar-refractivity contribution in [2.24, 2.45) is 5.92 Å². The van der Waals surface area contributed by atoms with Gasteiger partial charge in [0, 0.05) is 19.4 Å². The number of hydrogen-bond donors (Lipinski definition) is 1. The minimum absolute atomic E-state index is 0.0898. The molecule has 1 saturated heterocycles. The van der Waals surface area contributed by atoms with Gasteiger partial charge in [-0.2, -0.15) is 0 Å². The van der Waals surface area contributed by atoms with Crippen LogP contribution in [0.15, 0.2) is 54.6 Å². The molecule has 2 aromatic carbocycles. The average molecular weight is 356 g/mol. The maximum atomic E-state index is 13.1. The van der Waals surface area contributed by atoms with Gasteiger partial charge in [0.25, 0.3) is 0 Å². The first-order chi connectivity index (χ1) is 12.7. The van der Waals surface area contributed by atoms with Crippen LogP contribution in [0, 0.1) is 11.7 Å². The molecule has 4 nitrogen and oxygen atoms in total. The third-order valence-corrected chi connectivity index (χ3v) is 4.89. The lowest BCUT2D eigenvalue weighted by atomic mass is 9.94. The molecule has 1 N–H and O–H groups in total. The third-order valence-electron chi connectivity index (χ3n) is 4.89. The number of ether oxygens (including phenoxy) is 1. The Balaban J connectivity index is 1.75. The van der Waals surface area contributed by atoms with Crippen LogP contribution in [-0.2, 0) is 9.53 Å². The molecule has 1 amide bonds. The zero-order chi connectivity index (χ0) is 18.4. The van der Waals surface area contributed by atoms with E-state index in [9.17, 15) is 9.18 Å². The van der Waals surface area contributed by atoms with Crippen molar-refractivity contribution < 1.29 is 13.9 Å². The van der Waals surface area contributed by atoms with Gasteiger partial charge < -0.3 is 10.1 Å². The van der Waals surface area contributed by atoms with Gasteiger partial charge in [-0.05, 0) is 61.7 Å². The largest absolute Gasteiger partial charge is 0.384 e. The second-order valence-corrected chi connectivity index (χ2v) is 6.74. The first-order valence-corrected chi connectivity index (χ1v) is 9.01. The number of nitrogens with zero attached hydrogens (tertiary/aromatic N) is 1. The Morgan fingerprint density at radius 1 is 1.15 bits per heavy atom. The number of rotatable bonds is 6. The van der Waals surface area contributed by atoms with E-state index in [1.807, 2.05) is 30.3 Å². The molecule has 0 spiro atoms. The standard InChI is InChI=1S/C21H25FN2O2/c1-26-15-16-11-13-24(14-12-16)20(17-5-3-2-4-6-17)21(25)23-19-9-7-18(22)8-10-19/h2-10,16,20H,11-15H2,1H3,(H,23,25)/t20-/m0/s1. The number of piperidine rings is 1. The predicted molar refractivity (Wildman–Crippen MR) is 100 cm³/mol. The lowest BCUT2D eigenvalue weighted by Crippen LogP contribution is -2.42. The van der Waals surface area contributed by atoms with Gasteiger partial charge in [0.05, 0.1) is 0 Å². The van der Waals surface area contributed by atoms with Crippen molar-refractivity contribution in [3.05, 3.63) is 66.0 Å². The van der Waals surface area contributed by atoms with Gasteiger partial charge in [0.1, 0.15) is 11.9 Å². The third kappa shape index (κ3) is 4.68. The molecule has 0 saturated carbocycles. The molecular weight excluding hydrogens is 331 g/mol. The van der Waals surface area contributed by atoms with Crippen LogP contribution in [0.2, 0.25) is 0 Å². The van der Waals surface area contributed by atoms with Crippen LogP contribution in [0.1, 0.15) is 24.4 Å². The SMILES string of the molecule is COCC1CCN([C@H](C(=O)Nc2ccc(F)cc2)c2ccccc2)CC1. The summed E-state index contributed by atoms with van der Waals surface area (Å²) in [6.07, 6.45) is 2.03. The molecule has 1 fully saturated rings. The number of halogens is 1. The van der Waals surface area contributed by atoms with Crippen LogP contribution in [0.5, 0.6) is 0 Å². The smallest absolute Gasteiger partial charge is 0.246 e. The van der Waals surface area contributed by atoms with Crippen LogP contribution in [-0.4, -0.2) is 37.6 Å². The van der Waals surface area contributed by atoms with Crippen LogP contribution in [0.25, 0.3) is 0 Å². The molecule has 0 radical (unpaired) electrons. The van der Waals surface area contributed by atoms with Crippen molar-refractivity contribution in [3.63, 3.8) is 0 Å². The maximum Gasteiger partial charge on any atom is 0.246 e. The highest BCUT2D eigenvalue weighted by atomic mass is 19.1. The Labute approximate surface area is 154 Å². The van der Waals surface area contributed by atoms with Crippen molar-refractivity contribution in [2.45, 2.75) is 18.9 Å². The number of carbonyl (C=O) groups is 1. The van der Waals surface area contributed by atoms with Crippen LogP contribution in [0.3, 0.4) is 0 Å². The second-order valence-electron chi connectivity index (χ2n) is 6.74. The summed E-state index contributed by atoms with van der Waals surface area (Å²) in [7, 11) is 1.73. The molecule has 0 aliphatic carbocycles. The number of anilines is 1. The summed E-state index contributed by atoms with van der Waals surface area (Å²) in [6.45, 7) is 2.47. The normalized spacial score (nSPS) is 17.0. The zero-order valence-electron chi connectivity index (χ0n) is 15.0. The topological polar surface area (TPSA) is 41.6 Å². The van der Waals surface area contributed by atoms with E-state index in [0.29, 0.717) is 11.6 Å². The highest BCUT2D eigenvalue weighted by Gasteiger charge is 2.31. The second kappa shape index (κ2) is 8.92. The first-order valence-electron chi connectivity index (χ1n) is 9.01. The Morgan fingerprint density at radius 2 is 1.81 bits per heavy atom. The minimum Gasteiger partial charge on any atom is -0.384 e. The number of methoxy groups -OCH3 is 1. The first kappa shape index (κ1) is 18.5. The molecule has 5 heteroatoms. The fourth-order valence-corrected chi connectivity index (χ4v) is 3.52. The summed E-state index contributed by atoms with van der Waals surface area (Å²) in [6, 6.07) is 15.3. The van der Waals surface area contributed by atoms with E-state index in [1.54, 1.807) is 19.2 Å². The van der Waals surface area contributed by atoms with Gasteiger partial charge in [-0.25, -0.2) is 4.39 Å². The van der Waals surface area contributed by atoms with Gasteiger partial charge in [-0.1, -0.05) is 30.3 Å². The van der Waals surface area contributed by atoms with Crippen molar-refractivity contribution in [1.82, 2.24) is 4.90 Å². The van der Waals surface area contributed by atoms with Crippen molar-refractivity contribution in [2.75, 3.05) is 32.1 Å². The summed E-state index contributed by atoms with van der Waals surface area (Å²) in [5.74, 6) is 0.142. The Kier molecular flexibility index (Phi) is 6.36. The highest BCUT2D eigenvalue weighted by Crippen LogP contribution is 2.28. The zero-order valence-corrected chi connectivity index (χ0v) is 15.0. The molecule has 138 valence electrons. The summed E-state index contributed by atoms with van der Waals surface area (Å²) in [4.78, 5) is 15.3. The number of nitrogens with one attached hydrogen (secondary N) is 1. The molecule has 1 aliphatic heterocycles. The highest BCUT2D eigenvalue weighted by molar-refractivity contribution is 5.95. The molecule has 1 aliphatic rings. The van der Waals surface area contributed by atoms with Gasteiger partial charge >= 0.3 is 0 Å². The molecule has 0 bridgehead atoms. The van der Waals surface area contributed by atoms with E-state index in [2.05, 4.69) is 10.2 Å². The van der Waals surface area contributed by atoms with Gasteiger partial charge in [0.15, 0.2) is 0 Å². The van der Waals surface area contributed by atoms with E-state index in [4.69, 9.17) is 4.74 Å². The number of carbonyl (C=O) groups excluding carboxylic acids is 1. The summed E-state index contributed by atoms with van der Waals surface area (Å²) < 4.78 is 18.4. The van der Waals surface area contributed by atoms with Crippen LogP contribution in [0.4, 0.5) is 10.1 Å². The van der Waals surface area contributed by atoms with Crippen LogP contribution >= 0.6 is 0 Å². The molecule has 3 rings (SSSR count). The Hall–Kier alpha value is -2.24. The number of amides is 1. The fourth-order valence-electron chi connectivity index (χ4n) is 3.52. The Morgan fingerprint density at radius 3 is 2.42 bits per heavy atom. The fraction of sp³-hybridized carbons (Fsp3) is 0.381. The summed E-state index contributed by atoms with van der Waals surface area (Å²) in [5.41, 5.74) is 1.57. The minimum atomic E-state index is -0.357. The lowest BCUT2D eigenvalue weighted by Gasteiger charge is -2.36. The van der Waals surface area contributed by atoms with E-state index in [0.717, 1.165) is 38.1 Å². The molecule has 0 unspecified atom stereocenters. The molecule has 1 atom stereocenters. The number of likely N-dealkylation sites (tertiary alicyclic amines) is 1. The van der Waals surface area contributed by atoms with E-state index >= 15 is 0 Å². The molecule has 0 aromatic heterocycles. The molecule has 1 heterocycles. The average Bonchev–Trinajstić information content (AvgIpc) is 2.66. The van der Waals surface area contributed by atoms with E-state index in [1.165, 1.54) is 12.1 Å². The van der Waals surface area contributed by atoms with Crippen LogP contribution < -0.4 is 5.32 Å². The number of benzene rings is 2. The monoisotopic (exact) mass is 356 g/mol. The van der Waals surface area contributed by atoms with Crippen molar-refractivity contribution >= 4 is 11.6 Å². The Bertz CT molecular complexity index is 698. The lowest BCUT2D eigenvalue weighted by molar-refractivity contribution is -0.122. The predicted octanol–water partition coefficient (Wildman–Crippen LogP) is 3.86.